The lowest BCUT2D eigenvalue weighted by Gasteiger charge is -2.04. The van der Waals surface area contributed by atoms with Crippen LogP contribution in [0.5, 0.6) is 0 Å². The summed E-state index contributed by atoms with van der Waals surface area (Å²) in [6.07, 6.45) is 0. The summed E-state index contributed by atoms with van der Waals surface area (Å²) >= 11 is 3.36. The largest absolute Gasteiger partial charge is 0.451 e. The molecule has 0 aliphatic carbocycles. The first-order chi connectivity index (χ1) is 10.4. The monoisotopic (exact) mass is 365 g/mol. The third-order valence-corrected chi connectivity index (χ3v) is 3.72. The minimum Gasteiger partial charge on any atom is -0.451 e. The predicted octanol–water partition coefficient (Wildman–Crippen LogP) is 5.03. The number of benzene rings is 2. The van der Waals surface area contributed by atoms with Gasteiger partial charge in [0, 0.05) is 27.2 Å². The second kappa shape index (κ2) is 5.53. The van der Waals surface area contributed by atoms with Gasteiger partial charge in [0.1, 0.15) is 17.2 Å². The summed E-state index contributed by atoms with van der Waals surface area (Å²) in [6.45, 7) is 1.75. The molecule has 0 aliphatic heterocycles. The number of halogens is 3. The van der Waals surface area contributed by atoms with E-state index < -0.39 is 17.5 Å². The first kappa shape index (κ1) is 14.7. The van der Waals surface area contributed by atoms with Gasteiger partial charge in [-0.05, 0) is 37.3 Å². The molecule has 0 saturated heterocycles. The average Bonchev–Trinajstić information content (AvgIpc) is 2.75. The summed E-state index contributed by atoms with van der Waals surface area (Å²) < 4.78 is 32.7. The molecule has 0 unspecified atom stereocenters. The van der Waals surface area contributed by atoms with E-state index in [0.717, 1.165) is 28.1 Å². The predicted molar refractivity (Wildman–Crippen MR) is 83.0 cm³/mol. The molecule has 1 amide bonds. The quantitative estimate of drug-likeness (QED) is 0.691. The number of carbonyl (C=O) groups is 1. The summed E-state index contributed by atoms with van der Waals surface area (Å²) in [5, 5.41) is 3.23. The van der Waals surface area contributed by atoms with Gasteiger partial charge in [-0.15, -0.1) is 0 Å². The van der Waals surface area contributed by atoms with Crippen molar-refractivity contribution in [1.29, 1.82) is 0 Å². The highest BCUT2D eigenvalue weighted by Gasteiger charge is 2.18. The highest BCUT2D eigenvalue weighted by atomic mass is 79.9. The maximum atomic E-state index is 13.2. The van der Waals surface area contributed by atoms with Crippen molar-refractivity contribution in [3.8, 4) is 0 Å². The van der Waals surface area contributed by atoms with Gasteiger partial charge in [0.2, 0.25) is 0 Å². The zero-order chi connectivity index (χ0) is 15.9. The highest BCUT2D eigenvalue weighted by Crippen LogP contribution is 2.28. The van der Waals surface area contributed by atoms with Gasteiger partial charge >= 0.3 is 0 Å². The Hall–Kier alpha value is -2.21. The fraction of sp³-hybridized carbons (Fsp3) is 0.0625. The molecule has 0 spiro atoms. The molecule has 3 rings (SSSR count). The summed E-state index contributed by atoms with van der Waals surface area (Å²) in [6, 6.07) is 8.19. The average molecular weight is 366 g/mol. The van der Waals surface area contributed by atoms with E-state index in [1.54, 1.807) is 19.1 Å². The molecule has 0 aliphatic rings. The highest BCUT2D eigenvalue weighted by molar-refractivity contribution is 9.10. The van der Waals surface area contributed by atoms with E-state index in [9.17, 15) is 13.6 Å². The Balaban J connectivity index is 1.96. The third-order valence-electron chi connectivity index (χ3n) is 3.22. The number of nitrogens with one attached hydrogen (secondary N) is 1. The molecule has 3 nitrogen and oxygen atoms in total. The molecular weight excluding hydrogens is 356 g/mol. The molecule has 112 valence electrons. The van der Waals surface area contributed by atoms with Crippen LogP contribution in [0.1, 0.15) is 16.1 Å². The number of furan rings is 1. The second-order valence-electron chi connectivity index (χ2n) is 4.81. The van der Waals surface area contributed by atoms with Crippen molar-refractivity contribution < 1.29 is 18.0 Å². The van der Waals surface area contributed by atoms with Gasteiger partial charge in [-0.1, -0.05) is 15.9 Å². The Morgan fingerprint density at radius 1 is 1.14 bits per heavy atom. The van der Waals surface area contributed by atoms with E-state index >= 15 is 0 Å². The number of fused-ring (bicyclic) bond motifs is 1. The number of aryl methyl sites for hydroxylation is 1. The molecule has 1 aromatic heterocycles. The SMILES string of the molecule is Cc1c(C(=O)Nc2cc(F)cc(F)c2)oc2ccc(Br)cc12. The lowest BCUT2D eigenvalue weighted by atomic mass is 10.1. The fourth-order valence-corrected chi connectivity index (χ4v) is 2.58. The maximum absolute atomic E-state index is 13.2. The Bertz CT molecular complexity index is 869. The van der Waals surface area contributed by atoms with Gasteiger partial charge in [0.15, 0.2) is 5.76 Å². The molecule has 1 heterocycles. The van der Waals surface area contributed by atoms with Gasteiger partial charge in [-0.2, -0.15) is 0 Å². The number of carbonyl (C=O) groups excluding carboxylic acids is 1. The van der Waals surface area contributed by atoms with Crippen LogP contribution in [-0.2, 0) is 0 Å². The number of hydrogen-bond donors (Lipinski definition) is 1. The summed E-state index contributed by atoms with van der Waals surface area (Å²) in [7, 11) is 0. The zero-order valence-electron chi connectivity index (χ0n) is 11.4. The van der Waals surface area contributed by atoms with E-state index in [1.165, 1.54) is 0 Å². The molecule has 0 bridgehead atoms. The lowest BCUT2D eigenvalue weighted by molar-refractivity contribution is 0.0998. The second-order valence-corrected chi connectivity index (χ2v) is 5.72. The normalized spacial score (nSPS) is 10.9. The van der Waals surface area contributed by atoms with Crippen LogP contribution in [-0.4, -0.2) is 5.91 Å². The minimum absolute atomic E-state index is 0.0311. The van der Waals surface area contributed by atoms with Crippen molar-refractivity contribution in [2.75, 3.05) is 5.32 Å². The fourth-order valence-electron chi connectivity index (χ4n) is 2.22. The molecule has 1 N–H and O–H groups in total. The van der Waals surface area contributed by atoms with Crippen LogP contribution in [0.2, 0.25) is 0 Å². The zero-order valence-corrected chi connectivity index (χ0v) is 13.0. The Kier molecular flexibility index (Phi) is 3.70. The topological polar surface area (TPSA) is 42.2 Å². The minimum atomic E-state index is -0.763. The molecule has 0 atom stereocenters. The number of anilines is 1. The summed E-state index contributed by atoms with van der Waals surface area (Å²) in [5.41, 5.74) is 1.26. The third kappa shape index (κ3) is 2.74. The number of rotatable bonds is 2. The van der Waals surface area contributed by atoms with Gasteiger partial charge < -0.3 is 9.73 Å². The molecule has 2 aromatic carbocycles. The van der Waals surface area contributed by atoms with Crippen LogP contribution >= 0.6 is 15.9 Å². The van der Waals surface area contributed by atoms with E-state index in [4.69, 9.17) is 4.42 Å². The van der Waals surface area contributed by atoms with Crippen molar-refractivity contribution in [3.63, 3.8) is 0 Å². The first-order valence-corrected chi connectivity index (χ1v) is 7.19. The van der Waals surface area contributed by atoms with Gasteiger partial charge in [0.05, 0.1) is 0 Å². The van der Waals surface area contributed by atoms with Gasteiger partial charge in [0.25, 0.3) is 5.91 Å². The van der Waals surface area contributed by atoms with Crippen LogP contribution in [0.3, 0.4) is 0 Å². The Morgan fingerprint density at radius 2 is 1.82 bits per heavy atom. The maximum Gasteiger partial charge on any atom is 0.291 e. The van der Waals surface area contributed by atoms with Crippen molar-refractivity contribution in [2.45, 2.75) is 6.92 Å². The summed E-state index contributed by atoms with van der Waals surface area (Å²) in [4.78, 5) is 12.3. The molecule has 0 saturated carbocycles. The molecule has 6 heteroatoms. The molecular formula is C16H10BrF2NO2. The van der Waals surface area contributed by atoms with Crippen LogP contribution in [0.4, 0.5) is 14.5 Å². The van der Waals surface area contributed by atoms with Gasteiger partial charge in [-0.3, -0.25) is 4.79 Å². The molecule has 0 radical (unpaired) electrons. The van der Waals surface area contributed by atoms with Crippen LogP contribution < -0.4 is 5.32 Å². The van der Waals surface area contributed by atoms with E-state index in [1.807, 2.05) is 6.07 Å². The Morgan fingerprint density at radius 3 is 2.50 bits per heavy atom. The van der Waals surface area contributed by atoms with Gasteiger partial charge in [-0.25, -0.2) is 8.78 Å². The molecule has 22 heavy (non-hydrogen) atoms. The molecule has 3 aromatic rings. The lowest BCUT2D eigenvalue weighted by Crippen LogP contribution is -2.12. The number of hydrogen-bond acceptors (Lipinski definition) is 2. The van der Waals surface area contributed by atoms with Crippen molar-refractivity contribution in [3.05, 3.63) is 63.8 Å². The standard InChI is InChI=1S/C16H10BrF2NO2/c1-8-13-4-9(17)2-3-14(13)22-15(8)16(21)20-12-6-10(18)5-11(19)7-12/h2-7H,1H3,(H,20,21). The van der Waals surface area contributed by atoms with E-state index in [-0.39, 0.29) is 11.4 Å². The Labute approximate surface area is 133 Å². The van der Waals surface area contributed by atoms with Crippen molar-refractivity contribution >= 4 is 38.5 Å². The summed E-state index contributed by atoms with van der Waals surface area (Å²) in [5.74, 6) is -1.98. The van der Waals surface area contributed by atoms with E-state index in [2.05, 4.69) is 21.2 Å². The van der Waals surface area contributed by atoms with Crippen molar-refractivity contribution in [1.82, 2.24) is 0 Å². The van der Waals surface area contributed by atoms with Crippen LogP contribution in [0, 0.1) is 18.6 Å². The van der Waals surface area contributed by atoms with E-state index in [0.29, 0.717) is 11.1 Å². The number of amides is 1. The van der Waals surface area contributed by atoms with Crippen LogP contribution in [0.15, 0.2) is 45.3 Å². The van der Waals surface area contributed by atoms with Crippen molar-refractivity contribution in [2.24, 2.45) is 0 Å². The van der Waals surface area contributed by atoms with Crippen LogP contribution in [0.25, 0.3) is 11.0 Å². The smallest absolute Gasteiger partial charge is 0.291 e. The molecule has 0 fully saturated rings. The first-order valence-electron chi connectivity index (χ1n) is 6.40.